The van der Waals surface area contributed by atoms with Crippen LogP contribution in [-0.2, 0) is 0 Å². The highest BCUT2D eigenvalue weighted by Crippen LogP contribution is 2.36. The average Bonchev–Trinajstić information content (AvgIpc) is 2.83. The van der Waals surface area contributed by atoms with Crippen molar-refractivity contribution in [3.63, 3.8) is 0 Å². The van der Waals surface area contributed by atoms with Gasteiger partial charge in [0.15, 0.2) is 6.10 Å². The molecule has 0 amide bonds. The van der Waals surface area contributed by atoms with Gasteiger partial charge in [0.1, 0.15) is 23.4 Å². The molecule has 0 spiro atoms. The molecule has 1 heterocycles. The third-order valence-corrected chi connectivity index (χ3v) is 3.49. The van der Waals surface area contributed by atoms with Crippen LogP contribution in [0.25, 0.3) is 0 Å². The Morgan fingerprint density at radius 3 is 2.57 bits per heavy atom. The highest BCUT2D eigenvalue weighted by molar-refractivity contribution is 6.05. The molecule has 3 rings (SSSR count). The van der Waals surface area contributed by atoms with Crippen molar-refractivity contribution in [1.29, 1.82) is 0 Å². The van der Waals surface area contributed by atoms with Gasteiger partial charge < -0.3 is 19.7 Å². The standard InChI is InChI=1S/C16H14O5/c1-20-11-6-7-12-13(8-11)21-16(15(12)19)14(18)9-2-4-10(17)5-3-9/h2-8,14,16-18H,1H3. The Morgan fingerprint density at radius 2 is 1.90 bits per heavy atom. The van der Waals surface area contributed by atoms with Gasteiger partial charge in [-0.2, -0.15) is 0 Å². The van der Waals surface area contributed by atoms with Gasteiger partial charge in [0, 0.05) is 6.07 Å². The highest BCUT2D eigenvalue weighted by Gasteiger charge is 2.38. The molecule has 21 heavy (non-hydrogen) atoms. The van der Waals surface area contributed by atoms with Crippen LogP contribution in [0, 0.1) is 0 Å². The van der Waals surface area contributed by atoms with Crippen LogP contribution in [0.4, 0.5) is 0 Å². The van der Waals surface area contributed by atoms with Crippen molar-refractivity contribution in [3.05, 3.63) is 53.6 Å². The summed E-state index contributed by atoms with van der Waals surface area (Å²) in [5.41, 5.74) is 0.935. The molecule has 108 valence electrons. The molecule has 5 nitrogen and oxygen atoms in total. The van der Waals surface area contributed by atoms with Crippen molar-refractivity contribution in [1.82, 2.24) is 0 Å². The van der Waals surface area contributed by atoms with E-state index in [-0.39, 0.29) is 11.5 Å². The fourth-order valence-electron chi connectivity index (χ4n) is 2.33. The van der Waals surface area contributed by atoms with Crippen molar-refractivity contribution in [2.24, 2.45) is 0 Å². The van der Waals surface area contributed by atoms with Crippen LogP contribution in [-0.4, -0.2) is 29.2 Å². The molecule has 1 aliphatic heterocycles. The lowest BCUT2D eigenvalue weighted by Gasteiger charge is -2.17. The maximum absolute atomic E-state index is 12.3. The van der Waals surface area contributed by atoms with Gasteiger partial charge in [0.05, 0.1) is 12.7 Å². The van der Waals surface area contributed by atoms with Crippen molar-refractivity contribution < 1.29 is 24.5 Å². The molecule has 2 aromatic rings. The number of ketones is 1. The molecule has 1 aliphatic rings. The molecule has 0 saturated heterocycles. The zero-order valence-electron chi connectivity index (χ0n) is 11.3. The predicted octanol–water partition coefficient (Wildman–Crippen LogP) is 2.08. The first-order valence-electron chi connectivity index (χ1n) is 6.46. The summed E-state index contributed by atoms with van der Waals surface area (Å²) in [5.74, 6) is 0.814. The van der Waals surface area contributed by atoms with E-state index in [0.717, 1.165) is 0 Å². The second-order valence-electron chi connectivity index (χ2n) is 4.80. The number of aliphatic hydroxyl groups excluding tert-OH is 1. The van der Waals surface area contributed by atoms with Crippen LogP contribution in [0.2, 0.25) is 0 Å². The van der Waals surface area contributed by atoms with E-state index >= 15 is 0 Å². The number of ether oxygens (including phenoxy) is 2. The van der Waals surface area contributed by atoms with Crippen LogP contribution in [0.15, 0.2) is 42.5 Å². The lowest BCUT2D eigenvalue weighted by Crippen LogP contribution is -2.28. The Balaban J connectivity index is 1.88. The van der Waals surface area contributed by atoms with E-state index in [4.69, 9.17) is 9.47 Å². The summed E-state index contributed by atoms with van der Waals surface area (Å²) in [6.45, 7) is 0. The van der Waals surface area contributed by atoms with Crippen molar-refractivity contribution in [2.45, 2.75) is 12.2 Å². The molecular formula is C16H14O5. The van der Waals surface area contributed by atoms with E-state index in [1.54, 1.807) is 30.3 Å². The normalized spacial score (nSPS) is 18.0. The van der Waals surface area contributed by atoms with Gasteiger partial charge in [0.25, 0.3) is 0 Å². The van der Waals surface area contributed by atoms with E-state index in [0.29, 0.717) is 22.6 Å². The minimum absolute atomic E-state index is 0.0950. The van der Waals surface area contributed by atoms with Gasteiger partial charge >= 0.3 is 0 Å². The number of methoxy groups -OCH3 is 1. The summed E-state index contributed by atoms with van der Waals surface area (Å²) >= 11 is 0. The van der Waals surface area contributed by atoms with Gasteiger partial charge in [-0.3, -0.25) is 4.79 Å². The number of rotatable bonds is 3. The second kappa shape index (κ2) is 5.10. The largest absolute Gasteiger partial charge is 0.508 e. The summed E-state index contributed by atoms with van der Waals surface area (Å²) in [6, 6.07) is 10.9. The van der Waals surface area contributed by atoms with Gasteiger partial charge in [-0.15, -0.1) is 0 Å². The first-order valence-corrected chi connectivity index (χ1v) is 6.46. The Kier molecular flexibility index (Phi) is 3.27. The number of carbonyl (C=O) groups excluding carboxylic acids is 1. The van der Waals surface area contributed by atoms with Gasteiger partial charge in [0.2, 0.25) is 5.78 Å². The molecule has 0 bridgehead atoms. The maximum atomic E-state index is 12.3. The third-order valence-electron chi connectivity index (χ3n) is 3.49. The Hall–Kier alpha value is -2.53. The summed E-state index contributed by atoms with van der Waals surface area (Å²) < 4.78 is 10.7. The number of benzene rings is 2. The van der Waals surface area contributed by atoms with Crippen molar-refractivity contribution in [2.75, 3.05) is 7.11 Å². The number of hydrogen-bond donors (Lipinski definition) is 2. The van der Waals surface area contributed by atoms with E-state index in [1.807, 2.05) is 0 Å². The molecular weight excluding hydrogens is 272 g/mol. The number of phenols is 1. The Morgan fingerprint density at radius 1 is 1.19 bits per heavy atom. The predicted molar refractivity (Wildman–Crippen MR) is 74.8 cm³/mol. The molecule has 0 fully saturated rings. The fraction of sp³-hybridized carbons (Fsp3) is 0.188. The minimum atomic E-state index is -1.10. The highest BCUT2D eigenvalue weighted by atomic mass is 16.5. The first-order chi connectivity index (χ1) is 10.1. The first kappa shape index (κ1) is 13.5. The summed E-state index contributed by atoms with van der Waals surface area (Å²) in [7, 11) is 1.53. The second-order valence-corrected chi connectivity index (χ2v) is 4.80. The molecule has 0 saturated carbocycles. The molecule has 2 aromatic carbocycles. The summed E-state index contributed by atoms with van der Waals surface area (Å²) in [4.78, 5) is 12.3. The number of aliphatic hydroxyl groups is 1. The molecule has 2 N–H and O–H groups in total. The Bertz CT molecular complexity index is 678. The number of fused-ring (bicyclic) bond motifs is 1. The fourth-order valence-corrected chi connectivity index (χ4v) is 2.33. The SMILES string of the molecule is COc1ccc2c(c1)OC(C(O)c1ccc(O)cc1)C2=O. The van der Waals surface area contributed by atoms with Gasteiger partial charge in [-0.25, -0.2) is 0 Å². The minimum Gasteiger partial charge on any atom is -0.508 e. The van der Waals surface area contributed by atoms with E-state index in [2.05, 4.69) is 0 Å². The van der Waals surface area contributed by atoms with E-state index < -0.39 is 12.2 Å². The molecule has 0 radical (unpaired) electrons. The Labute approximate surface area is 121 Å². The van der Waals surface area contributed by atoms with Gasteiger partial charge in [-0.05, 0) is 29.8 Å². The molecule has 0 aromatic heterocycles. The van der Waals surface area contributed by atoms with Crippen molar-refractivity contribution >= 4 is 5.78 Å². The quantitative estimate of drug-likeness (QED) is 0.903. The third kappa shape index (κ3) is 2.32. The molecule has 2 unspecified atom stereocenters. The number of hydrogen-bond acceptors (Lipinski definition) is 5. The number of carbonyl (C=O) groups is 1. The average molecular weight is 286 g/mol. The van der Waals surface area contributed by atoms with Gasteiger partial charge in [-0.1, -0.05) is 12.1 Å². The number of Topliss-reactive ketones (excluding diaryl/α,β-unsaturated/α-hetero) is 1. The number of aromatic hydroxyl groups is 1. The number of phenolic OH excluding ortho intramolecular Hbond substituents is 1. The van der Waals surface area contributed by atoms with E-state index in [9.17, 15) is 15.0 Å². The summed E-state index contributed by atoms with van der Waals surface area (Å²) in [6.07, 6.45) is -2.09. The van der Waals surface area contributed by atoms with Crippen LogP contribution in [0.5, 0.6) is 17.2 Å². The van der Waals surface area contributed by atoms with Crippen LogP contribution in [0.1, 0.15) is 22.0 Å². The lowest BCUT2D eigenvalue weighted by molar-refractivity contribution is 0.0407. The molecule has 5 heteroatoms. The zero-order chi connectivity index (χ0) is 15.0. The van der Waals surface area contributed by atoms with Crippen molar-refractivity contribution in [3.8, 4) is 17.2 Å². The zero-order valence-corrected chi connectivity index (χ0v) is 11.3. The topological polar surface area (TPSA) is 76.0 Å². The summed E-state index contributed by atoms with van der Waals surface area (Å²) in [5, 5.41) is 19.6. The lowest BCUT2D eigenvalue weighted by atomic mass is 9.99. The smallest absolute Gasteiger partial charge is 0.210 e. The van der Waals surface area contributed by atoms with Crippen LogP contribution < -0.4 is 9.47 Å². The molecule has 2 atom stereocenters. The molecule has 0 aliphatic carbocycles. The van der Waals surface area contributed by atoms with E-state index in [1.165, 1.54) is 19.2 Å². The van der Waals surface area contributed by atoms with Crippen LogP contribution in [0.3, 0.4) is 0 Å². The van der Waals surface area contributed by atoms with Crippen LogP contribution >= 0.6 is 0 Å². The monoisotopic (exact) mass is 286 g/mol. The maximum Gasteiger partial charge on any atom is 0.210 e.